The maximum atomic E-state index is 10.9. The number of rotatable bonds is 4. The van der Waals surface area contributed by atoms with E-state index in [2.05, 4.69) is 20.3 Å². The lowest BCUT2D eigenvalue weighted by Gasteiger charge is -2.10. The van der Waals surface area contributed by atoms with Crippen molar-refractivity contribution in [2.75, 3.05) is 5.32 Å². The van der Waals surface area contributed by atoms with E-state index in [-0.39, 0.29) is 5.69 Å². The van der Waals surface area contributed by atoms with Crippen LogP contribution in [-0.2, 0) is 0 Å². The Bertz CT molecular complexity index is 852. The van der Waals surface area contributed by atoms with Crippen molar-refractivity contribution in [2.45, 2.75) is 6.92 Å². The van der Waals surface area contributed by atoms with E-state index in [1.54, 1.807) is 24.7 Å². The molecule has 0 saturated carbocycles. The molecule has 0 saturated heterocycles. The molecule has 7 nitrogen and oxygen atoms in total. The van der Waals surface area contributed by atoms with Crippen molar-refractivity contribution in [3.8, 4) is 11.1 Å². The van der Waals surface area contributed by atoms with Crippen molar-refractivity contribution in [2.24, 2.45) is 0 Å². The number of hydrogen-bond donors (Lipinski definition) is 1. The number of pyridine rings is 1. The van der Waals surface area contributed by atoms with Crippen molar-refractivity contribution in [3.63, 3.8) is 0 Å². The van der Waals surface area contributed by atoms with Gasteiger partial charge in [-0.1, -0.05) is 6.07 Å². The van der Waals surface area contributed by atoms with Crippen molar-refractivity contribution in [1.82, 2.24) is 15.0 Å². The fraction of sp³-hybridized carbons (Fsp3) is 0.0625. The van der Waals surface area contributed by atoms with E-state index < -0.39 is 4.92 Å². The summed E-state index contributed by atoms with van der Waals surface area (Å²) >= 11 is 0. The molecule has 0 aliphatic rings. The molecular weight excluding hydrogens is 294 g/mol. The number of aromatic nitrogens is 3. The van der Waals surface area contributed by atoms with Gasteiger partial charge in [0.2, 0.25) is 0 Å². The quantitative estimate of drug-likeness (QED) is 0.585. The number of non-ortho nitro benzene ring substituents is 1. The number of hydrogen-bond acceptors (Lipinski definition) is 6. The Balaban J connectivity index is 1.92. The monoisotopic (exact) mass is 307 g/mol. The summed E-state index contributed by atoms with van der Waals surface area (Å²) in [6.07, 6.45) is 6.56. The van der Waals surface area contributed by atoms with Crippen LogP contribution >= 0.6 is 0 Å². The summed E-state index contributed by atoms with van der Waals surface area (Å²) in [5.74, 6) is 0.593. The van der Waals surface area contributed by atoms with Crippen LogP contribution in [0.1, 0.15) is 5.56 Å². The molecule has 0 radical (unpaired) electrons. The summed E-state index contributed by atoms with van der Waals surface area (Å²) in [6, 6.07) is 8.37. The summed E-state index contributed by atoms with van der Waals surface area (Å²) in [7, 11) is 0. The molecule has 1 aromatic carbocycles. The minimum absolute atomic E-state index is 0.0331. The molecule has 0 bridgehead atoms. The van der Waals surface area contributed by atoms with Gasteiger partial charge in [0.25, 0.3) is 5.69 Å². The molecule has 2 heterocycles. The second-order valence-corrected chi connectivity index (χ2v) is 4.94. The Morgan fingerprint density at radius 1 is 1.09 bits per heavy atom. The van der Waals surface area contributed by atoms with Crippen LogP contribution in [0, 0.1) is 17.0 Å². The Morgan fingerprint density at radius 3 is 2.61 bits per heavy atom. The molecule has 3 aromatic rings. The first-order valence-corrected chi connectivity index (χ1v) is 6.87. The Hall–Kier alpha value is -3.35. The zero-order valence-corrected chi connectivity index (χ0v) is 12.3. The van der Waals surface area contributed by atoms with Crippen LogP contribution in [0.25, 0.3) is 11.1 Å². The number of anilines is 2. The number of nitrogens with zero attached hydrogens (tertiary/aromatic N) is 4. The number of nitrogens with one attached hydrogen (secondary N) is 1. The summed E-state index contributed by atoms with van der Waals surface area (Å²) in [6.45, 7) is 1.88. The highest BCUT2D eigenvalue weighted by Crippen LogP contribution is 2.26. The average Bonchev–Trinajstić information content (AvgIpc) is 2.58. The molecule has 0 amide bonds. The van der Waals surface area contributed by atoms with E-state index in [1.807, 2.05) is 19.1 Å². The molecule has 1 N–H and O–H groups in total. The highest BCUT2D eigenvalue weighted by Gasteiger charge is 2.09. The molecule has 114 valence electrons. The van der Waals surface area contributed by atoms with Crippen molar-refractivity contribution < 1.29 is 4.92 Å². The van der Waals surface area contributed by atoms with Crippen LogP contribution in [0.2, 0.25) is 0 Å². The van der Waals surface area contributed by atoms with Gasteiger partial charge in [-0.2, -0.15) is 0 Å². The van der Waals surface area contributed by atoms with Gasteiger partial charge in [-0.15, -0.1) is 0 Å². The maximum absolute atomic E-state index is 10.9. The van der Waals surface area contributed by atoms with Gasteiger partial charge in [0.15, 0.2) is 0 Å². The molecule has 2 aromatic heterocycles. The molecule has 23 heavy (non-hydrogen) atoms. The molecule has 0 aliphatic carbocycles. The zero-order chi connectivity index (χ0) is 16.2. The SMILES string of the molecule is Cc1ccc([N+](=O)[O-])cc1Nc1cc(-c2cncnc2)ccn1. The summed E-state index contributed by atoms with van der Waals surface area (Å²) in [4.78, 5) is 22.7. The van der Waals surface area contributed by atoms with Crippen LogP contribution in [-0.4, -0.2) is 19.9 Å². The number of nitro benzene ring substituents is 1. The topological polar surface area (TPSA) is 93.8 Å². The third-order valence-electron chi connectivity index (χ3n) is 3.35. The summed E-state index contributed by atoms with van der Waals surface area (Å²) < 4.78 is 0. The number of nitro groups is 1. The lowest BCUT2D eigenvalue weighted by atomic mass is 10.1. The molecule has 0 atom stereocenters. The lowest BCUT2D eigenvalue weighted by molar-refractivity contribution is -0.384. The van der Waals surface area contributed by atoms with E-state index in [9.17, 15) is 10.1 Å². The van der Waals surface area contributed by atoms with Gasteiger partial charge in [-0.05, 0) is 30.2 Å². The minimum atomic E-state index is -0.421. The fourth-order valence-corrected chi connectivity index (χ4v) is 2.12. The molecule has 0 fully saturated rings. The zero-order valence-electron chi connectivity index (χ0n) is 12.3. The van der Waals surface area contributed by atoms with Gasteiger partial charge >= 0.3 is 0 Å². The van der Waals surface area contributed by atoms with E-state index >= 15 is 0 Å². The lowest BCUT2D eigenvalue weighted by Crippen LogP contribution is -1.98. The van der Waals surface area contributed by atoms with Gasteiger partial charge in [-0.25, -0.2) is 15.0 Å². The normalized spacial score (nSPS) is 10.3. The Morgan fingerprint density at radius 2 is 1.87 bits per heavy atom. The van der Waals surface area contributed by atoms with Gasteiger partial charge in [0.1, 0.15) is 12.1 Å². The van der Waals surface area contributed by atoms with Crippen LogP contribution in [0.3, 0.4) is 0 Å². The van der Waals surface area contributed by atoms with Gasteiger partial charge < -0.3 is 5.32 Å². The maximum Gasteiger partial charge on any atom is 0.271 e. The smallest absolute Gasteiger partial charge is 0.271 e. The van der Waals surface area contributed by atoms with Crippen LogP contribution in [0.5, 0.6) is 0 Å². The third kappa shape index (κ3) is 3.29. The number of aryl methyl sites for hydroxylation is 1. The molecule has 0 spiro atoms. The number of benzene rings is 1. The highest BCUT2D eigenvalue weighted by molar-refractivity contribution is 5.69. The second kappa shape index (κ2) is 6.18. The molecule has 0 aliphatic heterocycles. The van der Waals surface area contributed by atoms with E-state index in [0.29, 0.717) is 11.5 Å². The van der Waals surface area contributed by atoms with Crippen LogP contribution in [0.4, 0.5) is 17.2 Å². The first kappa shape index (κ1) is 14.6. The van der Waals surface area contributed by atoms with Crippen molar-refractivity contribution >= 4 is 17.2 Å². The average molecular weight is 307 g/mol. The first-order valence-electron chi connectivity index (χ1n) is 6.87. The predicted molar refractivity (Wildman–Crippen MR) is 86.4 cm³/mol. The largest absolute Gasteiger partial charge is 0.340 e. The van der Waals surface area contributed by atoms with E-state index in [1.165, 1.54) is 18.5 Å². The molecule has 7 heteroatoms. The fourth-order valence-electron chi connectivity index (χ4n) is 2.12. The Kier molecular flexibility index (Phi) is 3.92. The van der Waals surface area contributed by atoms with Crippen LogP contribution < -0.4 is 5.32 Å². The summed E-state index contributed by atoms with van der Waals surface area (Å²) in [5.41, 5.74) is 3.35. The standard InChI is InChI=1S/C16H13N5O2/c1-11-2-3-14(21(22)23)7-15(11)20-16-6-12(4-5-19-16)13-8-17-10-18-9-13/h2-10H,1H3,(H,19,20). The van der Waals surface area contributed by atoms with Crippen LogP contribution in [0.15, 0.2) is 55.2 Å². The minimum Gasteiger partial charge on any atom is -0.340 e. The molecular formula is C16H13N5O2. The van der Waals surface area contributed by atoms with Crippen molar-refractivity contribution in [3.05, 3.63) is 70.9 Å². The van der Waals surface area contributed by atoms with Crippen molar-refractivity contribution in [1.29, 1.82) is 0 Å². The Labute approximate surface area is 132 Å². The molecule has 0 unspecified atom stereocenters. The van der Waals surface area contributed by atoms with E-state index in [0.717, 1.165) is 16.7 Å². The third-order valence-corrected chi connectivity index (χ3v) is 3.35. The summed E-state index contributed by atoms with van der Waals surface area (Å²) in [5, 5.41) is 14.0. The first-order chi connectivity index (χ1) is 11.1. The highest BCUT2D eigenvalue weighted by atomic mass is 16.6. The molecule has 3 rings (SSSR count). The second-order valence-electron chi connectivity index (χ2n) is 4.94. The van der Waals surface area contributed by atoms with Gasteiger partial charge in [-0.3, -0.25) is 10.1 Å². The van der Waals surface area contributed by atoms with Gasteiger partial charge in [0.05, 0.1) is 4.92 Å². The van der Waals surface area contributed by atoms with Gasteiger partial charge in [0, 0.05) is 42.0 Å². The predicted octanol–water partition coefficient (Wildman–Crippen LogP) is 3.50. The van der Waals surface area contributed by atoms with E-state index in [4.69, 9.17) is 0 Å².